The van der Waals surface area contributed by atoms with Crippen molar-refractivity contribution in [3.8, 4) is 0 Å². The Kier molecular flexibility index (Phi) is 4.30. The normalized spacial score (nSPS) is 23.5. The Morgan fingerprint density at radius 2 is 1.86 bits per heavy atom. The lowest BCUT2D eigenvalue weighted by Crippen LogP contribution is -2.27. The lowest BCUT2D eigenvalue weighted by Gasteiger charge is -2.28. The minimum atomic E-state index is -4.16. The van der Waals surface area contributed by atoms with Gasteiger partial charge < -0.3 is 9.52 Å². The number of alkyl halides is 3. The SMILES string of the molecule is CC(C)c1nc(C2CCC(C(F)(F)F)CC2)oc1C(=O)O. The second-order valence-corrected chi connectivity index (χ2v) is 5.82. The van der Waals surface area contributed by atoms with Crippen LogP contribution in [0.2, 0.25) is 0 Å². The van der Waals surface area contributed by atoms with Crippen molar-refractivity contribution in [1.29, 1.82) is 0 Å². The van der Waals surface area contributed by atoms with Gasteiger partial charge in [0.05, 0.1) is 11.6 Å². The maximum absolute atomic E-state index is 12.6. The van der Waals surface area contributed by atoms with E-state index in [2.05, 4.69) is 4.98 Å². The summed E-state index contributed by atoms with van der Waals surface area (Å²) in [6.07, 6.45) is -3.44. The van der Waals surface area contributed by atoms with Gasteiger partial charge in [-0.15, -0.1) is 0 Å². The van der Waals surface area contributed by atoms with Crippen LogP contribution in [-0.2, 0) is 0 Å². The fourth-order valence-corrected chi connectivity index (χ4v) is 2.74. The average Bonchev–Trinajstić information content (AvgIpc) is 2.83. The fourth-order valence-electron chi connectivity index (χ4n) is 2.74. The molecule has 0 aliphatic heterocycles. The number of aromatic carboxylic acids is 1. The van der Waals surface area contributed by atoms with E-state index in [-0.39, 0.29) is 36.3 Å². The smallest absolute Gasteiger partial charge is 0.391 e. The minimum Gasteiger partial charge on any atom is -0.475 e. The number of carboxylic acid groups (broad SMARTS) is 1. The van der Waals surface area contributed by atoms with Crippen LogP contribution in [0.25, 0.3) is 0 Å². The maximum atomic E-state index is 12.6. The van der Waals surface area contributed by atoms with Crippen LogP contribution in [0, 0.1) is 5.92 Å². The summed E-state index contributed by atoms with van der Waals surface area (Å²) in [6, 6.07) is 0. The molecule has 1 aliphatic rings. The predicted molar refractivity (Wildman–Crippen MR) is 68.3 cm³/mol. The van der Waals surface area contributed by atoms with Crippen molar-refractivity contribution < 1.29 is 27.5 Å². The van der Waals surface area contributed by atoms with E-state index >= 15 is 0 Å². The van der Waals surface area contributed by atoms with Crippen LogP contribution in [0.5, 0.6) is 0 Å². The van der Waals surface area contributed by atoms with Gasteiger partial charge in [0.15, 0.2) is 5.89 Å². The van der Waals surface area contributed by atoms with Gasteiger partial charge in [-0.25, -0.2) is 9.78 Å². The largest absolute Gasteiger partial charge is 0.475 e. The summed E-state index contributed by atoms with van der Waals surface area (Å²) in [5.74, 6) is -2.74. The van der Waals surface area contributed by atoms with Crippen molar-refractivity contribution in [2.75, 3.05) is 0 Å². The van der Waals surface area contributed by atoms with Crippen LogP contribution >= 0.6 is 0 Å². The molecule has 4 nitrogen and oxygen atoms in total. The highest BCUT2D eigenvalue weighted by atomic mass is 19.4. The van der Waals surface area contributed by atoms with Crippen LogP contribution in [0.4, 0.5) is 13.2 Å². The third kappa shape index (κ3) is 3.39. The molecule has 1 saturated carbocycles. The van der Waals surface area contributed by atoms with E-state index in [1.54, 1.807) is 13.8 Å². The molecule has 0 radical (unpaired) electrons. The molecule has 0 spiro atoms. The molecule has 0 amide bonds. The Labute approximate surface area is 120 Å². The number of rotatable bonds is 3. The van der Waals surface area contributed by atoms with Gasteiger partial charge >= 0.3 is 12.1 Å². The van der Waals surface area contributed by atoms with E-state index in [9.17, 15) is 18.0 Å². The van der Waals surface area contributed by atoms with Crippen molar-refractivity contribution in [2.24, 2.45) is 5.92 Å². The molecule has 1 heterocycles. The number of oxazole rings is 1. The standard InChI is InChI=1S/C14H18F3NO3/c1-7(2)10-11(13(19)20)21-12(18-10)8-3-5-9(6-4-8)14(15,16)17/h7-9H,3-6H2,1-2H3,(H,19,20). The molecule has 118 valence electrons. The quantitative estimate of drug-likeness (QED) is 0.902. The summed E-state index contributed by atoms with van der Waals surface area (Å²) < 4.78 is 43.2. The molecule has 0 saturated heterocycles. The van der Waals surface area contributed by atoms with E-state index < -0.39 is 18.1 Å². The number of aromatic nitrogens is 1. The molecule has 1 N–H and O–H groups in total. The molecule has 1 fully saturated rings. The molecule has 1 aromatic rings. The maximum Gasteiger partial charge on any atom is 0.391 e. The predicted octanol–water partition coefficient (Wildman–Crippen LogP) is 4.33. The summed E-state index contributed by atoms with van der Waals surface area (Å²) in [7, 11) is 0. The first-order valence-electron chi connectivity index (χ1n) is 7.00. The average molecular weight is 305 g/mol. The van der Waals surface area contributed by atoms with Gasteiger partial charge in [-0.05, 0) is 31.6 Å². The van der Waals surface area contributed by atoms with Gasteiger partial charge in [0.2, 0.25) is 5.76 Å². The molecular formula is C14H18F3NO3. The molecule has 1 aliphatic carbocycles. The summed E-state index contributed by atoms with van der Waals surface area (Å²) in [5.41, 5.74) is 0.357. The van der Waals surface area contributed by atoms with Crippen molar-refractivity contribution in [3.05, 3.63) is 17.3 Å². The van der Waals surface area contributed by atoms with Crippen molar-refractivity contribution in [1.82, 2.24) is 4.98 Å². The molecular weight excluding hydrogens is 287 g/mol. The Hall–Kier alpha value is -1.53. The lowest BCUT2D eigenvalue weighted by atomic mass is 9.81. The highest BCUT2D eigenvalue weighted by Crippen LogP contribution is 2.43. The number of hydrogen-bond acceptors (Lipinski definition) is 3. The van der Waals surface area contributed by atoms with Crippen LogP contribution in [0.15, 0.2) is 4.42 Å². The van der Waals surface area contributed by atoms with Gasteiger partial charge in [0.25, 0.3) is 0 Å². The van der Waals surface area contributed by atoms with E-state index in [0.29, 0.717) is 18.5 Å². The topological polar surface area (TPSA) is 63.3 Å². The molecule has 1 aromatic heterocycles. The van der Waals surface area contributed by atoms with Gasteiger partial charge in [0, 0.05) is 5.92 Å². The van der Waals surface area contributed by atoms with Crippen LogP contribution in [0.3, 0.4) is 0 Å². The molecule has 0 atom stereocenters. The zero-order valence-electron chi connectivity index (χ0n) is 11.9. The number of hydrogen-bond donors (Lipinski definition) is 1. The van der Waals surface area contributed by atoms with Crippen LogP contribution < -0.4 is 0 Å². The first kappa shape index (κ1) is 15.9. The van der Waals surface area contributed by atoms with E-state index in [1.807, 2.05) is 0 Å². The second-order valence-electron chi connectivity index (χ2n) is 5.82. The van der Waals surface area contributed by atoms with Gasteiger partial charge in [-0.2, -0.15) is 13.2 Å². The molecule has 21 heavy (non-hydrogen) atoms. The molecule has 0 bridgehead atoms. The number of carboxylic acids is 1. The third-order valence-corrected chi connectivity index (χ3v) is 3.95. The highest BCUT2D eigenvalue weighted by molar-refractivity contribution is 5.85. The first-order valence-corrected chi connectivity index (χ1v) is 7.00. The molecule has 0 unspecified atom stereocenters. The van der Waals surface area contributed by atoms with Crippen molar-refractivity contribution in [2.45, 2.75) is 57.5 Å². The number of carbonyl (C=O) groups is 1. The summed E-state index contributed by atoms with van der Waals surface area (Å²) >= 11 is 0. The summed E-state index contributed by atoms with van der Waals surface area (Å²) in [5, 5.41) is 9.09. The van der Waals surface area contributed by atoms with E-state index in [1.165, 1.54) is 0 Å². The molecule has 0 aromatic carbocycles. The monoisotopic (exact) mass is 305 g/mol. The Morgan fingerprint density at radius 3 is 2.24 bits per heavy atom. The molecule has 7 heteroatoms. The third-order valence-electron chi connectivity index (χ3n) is 3.95. The van der Waals surface area contributed by atoms with E-state index in [4.69, 9.17) is 9.52 Å². The summed E-state index contributed by atoms with van der Waals surface area (Å²) in [6.45, 7) is 3.60. The van der Waals surface area contributed by atoms with Gasteiger partial charge in [0.1, 0.15) is 0 Å². The summed E-state index contributed by atoms with van der Waals surface area (Å²) in [4.78, 5) is 15.3. The highest BCUT2D eigenvalue weighted by Gasteiger charge is 2.42. The van der Waals surface area contributed by atoms with Crippen LogP contribution in [0.1, 0.15) is 73.5 Å². The first-order chi connectivity index (χ1) is 9.70. The Bertz CT molecular complexity index is 514. The zero-order chi connectivity index (χ0) is 15.8. The van der Waals surface area contributed by atoms with Crippen molar-refractivity contribution >= 4 is 5.97 Å². The Balaban J connectivity index is 2.14. The van der Waals surface area contributed by atoms with E-state index in [0.717, 1.165) is 0 Å². The van der Waals surface area contributed by atoms with Gasteiger partial charge in [-0.1, -0.05) is 13.8 Å². The second kappa shape index (κ2) is 5.69. The Morgan fingerprint density at radius 1 is 1.29 bits per heavy atom. The minimum absolute atomic E-state index is 0.0377. The fraction of sp³-hybridized carbons (Fsp3) is 0.714. The van der Waals surface area contributed by atoms with Gasteiger partial charge in [-0.3, -0.25) is 0 Å². The van der Waals surface area contributed by atoms with Crippen LogP contribution in [-0.4, -0.2) is 22.2 Å². The zero-order valence-corrected chi connectivity index (χ0v) is 11.9. The number of nitrogens with zero attached hydrogens (tertiary/aromatic N) is 1. The number of halogens is 3. The molecule has 2 rings (SSSR count). The lowest BCUT2D eigenvalue weighted by molar-refractivity contribution is -0.182. The van der Waals surface area contributed by atoms with Crippen molar-refractivity contribution in [3.63, 3.8) is 0 Å².